The first-order valence-corrected chi connectivity index (χ1v) is 7.27. The third-order valence-electron chi connectivity index (χ3n) is 3.19. The van der Waals surface area contributed by atoms with Crippen LogP contribution in [-0.4, -0.2) is 18.6 Å². The van der Waals surface area contributed by atoms with Gasteiger partial charge in [-0.3, -0.25) is 4.79 Å². The van der Waals surface area contributed by atoms with E-state index in [9.17, 15) is 4.79 Å². The first kappa shape index (κ1) is 16.5. The van der Waals surface area contributed by atoms with Crippen LogP contribution in [-0.2, 0) is 22.7 Å². The van der Waals surface area contributed by atoms with Crippen molar-refractivity contribution in [2.75, 3.05) is 6.61 Å². The van der Waals surface area contributed by atoms with Crippen molar-refractivity contribution in [2.45, 2.75) is 19.2 Å². The molecule has 1 atom stereocenters. The van der Waals surface area contributed by atoms with Crippen LogP contribution in [0.15, 0.2) is 65.8 Å². The van der Waals surface area contributed by atoms with Crippen LogP contribution < -0.4 is 5.32 Å². The number of azide groups is 1. The van der Waals surface area contributed by atoms with Crippen LogP contribution in [0.25, 0.3) is 10.4 Å². The van der Waals surface area contributed by atoms with Gasteiger partial charge in [-0.2, -0.15) is 0 Å². The minimum Gasteiger partial charge on any atom is -0.376 e. The van der Waals surface area contributed by atoms with E-state index in [4.69, 9.17) is 10.3 Å². The Morgan fingerprint density at radius 3 is 2.30 bits per heavy atom. The Morgan fingerprint density at radius 1 is 1.09 bits per heavy atom. The molecule has 0 unspecified atom stereocenters. The standard InChI is InChI=1S/C17H18N4O2/c18-21-20-16(13-23-12-15-9-5-2-6-10-15)17(22)19-11-14-7-3-1-4-8-14/h1-10,16H,11-13H2,(H,19,22)/t16-/m0/s1. The lowest BCUT2D eigenvalue weighted by atomic mass is 10.2. The number of amides is 1. The van der Waals surface area contributed by atoms with E-state index < -0.39 is 6.04 Å². The number of carbonyl (C=O) groups is 1. The maximum absolute atomic E-state index is 12.1. The molecule has 1 N–H and O–H groups in total. The minimum atomic E-state index is -0.882. The number of benzene rings is 2. The van der Waals surface area contributed by atoms with Crippen LogP contribution in [0.1, 0.15) is 11.1 Å². The topological polar surface area (TPSA) is 87.1 Å². The zero-order chi connectivity index (χ0) is 16.3. The zero-order valence-corrected chi connectivity index (χ0v) is 12.6. The summed E-state index contributed by atoms with van der Waals surface area (Å²) in [5.41, 5.74) is 10.6. The van der Waals surface area contributed by atoms with E-state index in [1.807, 2.05) is 60.7 Å². The van der Waals surface area contributed by atoms with E-state index in [2.05, 4.69) is 15.3 Å². The van der Waals surface area contributed by atoms with Crippen LogP contribution in [0.3, 0.4) is 0 Å². The summed E-state index contributed by atoms with van der Waals surface area (Å²) >= 11 is 0. The van der Waals surface area contributed by atoms with E-state index in [1.165, 1.54) is 0 Å². The maximum atomic E-state index is 12.1. The maximum Gasteiger partial charge on any atom is 0.231 e. The summed E-state index contributed by atoms with van der Waals surface area (Å²) in [6.45, 7) is 0.791. The third kappa shape index (κ3) is 5.82. The highest BCUT2D eigenvalue weighted by Gasteiger charge is 2.16. The highest BCUT2D eigenvalue weighted by Crippen LogP contribution is 2.03. The largest absolute Gasteiger partial charge is 0.376 e. The van der Waals surface area contributed by atoms with Gasteiger partial charge in [0.25, 0.3) is 0 Å². The summed E-state index contributed by atoms with van der Waals surface area (Å²) in [5, 5.41) is 6.26. The molecule has 6 nitrogen and oxygen atoms in total. The fraction of sp³-hybridized carbons (Fsp3) is 0.235. The van der Waals surface area contributed by atoms with Crippen LogP contribution in [0.2, 0.25) is 0 Å². The Bertz CT molecular complexity index is 655. The molecule has 0 aliphatic heterocycles. The molecule has 0 aliphatic carbocycles. The summed E-state index contributed by atoms with van der Waals surface area (Å²) in [6.07, 6.45) is 0. The van der Waals surface area contributed by atoms with Crippen LogP contribution in [0.5, 0.6) is 0 Å². The normalized spacial score (nSPS) is 11.3. The molecule has 0 aliphatic rings. The van der Waals surface area contributed by atoms with Gasteiger partial charge in [-0.25, -0.2) is 0 Å². The van der Waals surface area contributed by atoms with Gasteiger partial charge in [0.15, 0.2) is 0 Å². The van der Waals surface area contributed by atoms with Crippen molar-refractivity contribution >= 4 is 5.91 Å². The van der Waals surface area contributed by atoms with Crippen molar-refractivity contribution < 1.29 is 9.53 Å². The van der Waals surface area contributed by atoms with E-state index in [1.54, 1.807) is 0 Å². The molecule has 0 bridgehead atoms. The van der Waals surface area contributed by atoms with Crippen molar-refractivity contribution in [3.8, 4) is 0 Å². The number of carbonyl (C=O) groups excluding carboxylic acids is 1. The van der Waals surface area contributed by atoms with Gasteiger partial charge in [-0.15, -0.1) is 0 Å². The summed E-state index contributed by atoms with van der Waals surface area (Å²) in [5.74, 6) is -0.347. The quantitative estimate of drug-likeness (QED) is 0.461. The van der Waals surface area contributed by atoms with Gasteiger partial charge >= 0.3 is 0 Å². The first-order valence-electron chi connectivity index (χ1n) is 7.27. The number of nitrogens with one attached hydrogen (secondary N) is 1. The molecule has 2 aromatic rings. The van der Waals surface area contributed by atoms with Gasteiger partial charge in [0.05, 0.1) is 13.2 Å². The lowest BCUT2D eigenvalue weighted by Gasteiger charge is -2.12. The van der Waals surface area contributed by atoms with Crippen LogP contribution in [0, 0.1) is 0 Å². The van der Waals surface area contributed by atoms with E-state index in [0.717, 1.165) is 11.1 Å². The van der Waals surface area contributed by atoms with Gasteiger partial charge in [0.2, 0.25) is 5.91 Å². The Labute approximate surface area is 134 Å². The van der Waals surface area contributed by atoms with E-state index >= 15 is 0 Å². The molecule has 0 spiro atoms. The average Bonchev–Trinajstić information content (AvgIpc) is 2.61. The smallest absolute Gasteiger partial charge is 0.231 e. The van der Waals surface area contributed by atoms with Gasteiger partial charge in [-0.05, 0) is 16.7 Å². The third-order valence-corrected chi connectivity index (χ3v) is 3.19. The second kappa shape index (κ2) is 9.25. The lowest BCUT2D eigenvalue weighted by molar-refractivity contribution is -0.123. The van der Waals surface area contributed by atoms with Gasteiger partial charge in [0, 0.05) is 11.5 Å². The van der Waals surface area contributed by atoms with E-state index in [-0.39, 0.29) is 12.5 Å². The molecule has 118 valence electrons. The molecule has 0 radical (unpaired) electrons. The molecular weight excluding hydrogens is 292 g/mol. The number of nitrogens with zero attached hydrogens (tertiary/aromatic N) is 3. The van der Waals surface area contributed by atoms with Crippen molar-refractivity contribution in [3.63, 3.8) is 0 Å². The predicted molar refractivity (Wildman–Crippen MR) is 87.3 cm³/mol. The van der Waals surface area contributed by atoms with Gasteiger partial charge in [0.1, 0.15) is 6.04 Å². The Hall–Kier alpha value is -2.82. The summed E-state index contributed by atoms with van der Waals surface area (Å²) in [6, 6.07) is 18.2. The molecular formula is C17H18N4O2. The number of ether oxygens (including phenoxy) is 1. The number of hydrogen-bond donors (Lipinski definition) is 1. The molecule has 0 saturated heterocycles. The summed E-state index contributed by atoms with van der Waals surface area (Å²) in [4.78, 5) is 14.8. The van der Waals surface area contributed by atoms with Crippen molar-refractivity contribution in [3.05, 3.63) is 82.2 Å². The predicted octanol–water partition coefficient (Wildman–Crippen LogP) is 3.20. The molecule has 0 heterocycles. The number of hydrogen-bond acceptors (Lipinski definition) is 3. The first-order chi connectivity index (χ1) is 11.3. The lowest BCUT2D eigenvalue weighted by Crippen LogP contribution is -2.35. The SMILES string of the molecule is [N-]=[N+]=N[C@@H](COCc1ccccc1)C(=O)NCc1ccccc1. The second-order valence-electron chi connectivity index (χ2n) is 4.92. The molecule has 2 aromatic carbocycles. The highest BCUT2D eigenvalue weighted by molar-refractivity contribution is 5.82. The fourth-order valence-electron chi connectivity index (χ4n) is 1.99. The summed E-state index contributed by atoms with van der Waals surface area (Å²) in [7, 11) is 0. The Balaban J connectivity index is 1.82. The monoisotopic (exact) mass is 310 g/mol. The zero-order valence-electron chi connectivity index (χ0n) is 12.6. The highest BCUT2D eigenvalue weighted by atomic mass is 16.5. The minimum absolute atomic E-state index is 0.0412. The molecule has 2 rings (SSSR count). The second-order valence-corrected chi connectivity index (χ2v) is 4.92. The molecule has 0 saturated carbocycles. The van der Waals surface area contributed by atoms with E-state index in [0.29, 0.717) is 13.2 Å². The average molecular weight is 310 g/mol. The molecule has 0 aromatic heterocycles. The molecule has 6 heteroatoms. The van der Waals surface area contributed by atoms with Gasteiger partial charge in [-0.1, -0.05) is 65.8 Å². The van der Waals surface area contributed by atoms with Gasteiger partial charge < -0.3 is 10.1 Å². The van der Waals surface area contributed by atoms with Crippen LogP contribution >= 0.6 is 0 Å². The molecule has 0 fully saturated rings. The Morgan fingerprint density at radius 2 is 1.70 bits per heavy atom. The van der Waals surface area contributed by atoms with Crippen molar-refractivity contribution in [1.29, 1.82) is 0 Å². The fourth-order valence-corrected chi connectivity index (χ4v) is 1.99. The molecule has 23 heavy (non-hydrogen) atoms. The Kier molecular flexibility index (Phi) is 6.65. The number of rotatable bonds is 8. The van der Waals surface area contributed by atoms with Crippen molar-refractivity contribution in [1.82, 2.24) is 5.32 Å². The molecule has 1 amide bonds. The van der Waals surface area contributed by atoms with Crippen molar-refractivity contribution in [2.24, 2.45) is 5.11 Å². The van der Waals surface area contributed by atoms with Crippen LogP contribution in [0.4, 0.5) is 0 Å². The summed E-state index contributed by atoms with van der Waals surface area (Å²) < 4.78 is 5.48.